The van der Waals surface area contributed by atoms with Gasteiger partial charge in [-0.1, -0.05) is 17.7 Å². The van der Waals surface area contributed by atoms with E-state index in [0.29, 0.717) is 14.9 Å². The molecule has 5 heteroatoms. The number of halogens is 1. The summed E-state index contributed by atoms with van der Waals surface area (Å²) in [5.41, 5.74) is 2.68. The van der Waals surface area contributed by atoms with Gasteiger partial charge in [-0.15, -0.1) is 11.3 Å². The van der Waals surface area contributed by atoms with Crippen LogP contribution in [0, 0.1) is 13.8 Å². The van der Waals surface area contributed by atoms with E-state index < -0.39 is 11.7 Å². The molecule has 0 aliphatic carbocycles. The van der Waals surface area contributed by atoms with Crippen molar-refractivity contribution < 1.29 is 9.59 Å². The highest BCUT2D eigenvalue weighted by Crippen LogP contribution is 2.22. The number of anilines is 1. The standard InChI is InChI=1S/C14H12ClNO2S/c1-8-5-9(2)7-10(6-8)16-14(18)13(17)11-3-4-12(15)19-11/h3-7H,1-2H3,(H,16,18). The lowest BCUT2D eigenvalue weighted by atomic mass is 10.1. The van der Waals surface area contributed by atoms with Gasteiger partial charge in [0.05, 0.1) is 9.21 Å². The first-order valence-corrected chi connectivity index (χ1v) is 6.84. The van der Waals surface area contributed by atoms with Crippen molar-refractivity contribution in [3.63, 3.8) is 0 Å². The van der Waals surface area contributed by atoms with Crippen molar-refractivity contribution in [2.24, 2.45) is 0 Å². The number of rotatable bonds is 3. The molecule has 0 saturated carbocycles. The quantitative estimate of drug-likeness (QED) is 0.690. The van der Waals surface area contributed by atoms with Gasteiger partial charge in [-0.2, -0.15) is 0 Å². The number of ketones is 1. The molecule has 2 aromatic rings. The van der Waals surface area contributed by atoms with E-state index in [4.69, 9.17) is 11.6 Å². The van der Waals surface area contributed by atoms with Gasteiger partial charge in [0.1, 0.15) is 0 Å². The van der Waals surface area contributed by atoms with Crippen molar-refractivity contribution in [1.29, 1.82) is 0 Å². The Morgan fingerprint density at radius 2 is 1.74 bits per heavy atom. The van der Waals surface area contributed by atoms with E-state index >= 15 is 0 Å². The summed E-state index contributed by atoms with van der Waals surface area (Å²) in [5, 5.41) is 2.61. The fourth-order valence-corrected chi connectivity index (χ4v) is 2.76. The van der Waals surface area contributed by atoms with Gasteiger partial charge in [-0.3, -0.25) is 9.59 Å². The molecule has 0 unspecified atom stereocenters. The summed E-state index contributed by atoms with van der Waals surface area (Å²) in [6, 6.07) is 8.79. The summed E-state index contributed by atoms with van der Waals surface area (Å²) in [5.74, 6) is -1.22. The zero-order valence-corrected chi connectivity index (χ0v) is 12.1. The highest BCUT2D eigenvalue weighted by molar-refractivity contribution is 7.18. The van der Waals surface area contributed by atoms with E-state index in [-0.39, 0.29) is 0 Å². The van der Waals surface area contributed by atoms with E-state index in [1.165, 1.54) is 0 Å². The molecule has 0 aliphatic heterocycles. The molecule has 0 radical (unpaired) electrons. The Balaban J connectivity index is 2.15. The second-order valence-corrected chi connectivity index (χ2v) is 5.98. The predicted octanol–water partition coefficient (Wildman–Crippen LogP) is 3.84. The van der Waals surface area contributed by atoms with Gasteiger partial charge in [0, 0.05) is 5.69 Å². The first kappa shape index (κ1) is 13.8. The summed E-state index contributed by atoms with van der Waals surface area (Å²) < 4.78 is 0.488. The van der Waals surface area contributed by atoms with Crippen molar-refractivity contribution >= 4 is 40.3 Å². The molecule has 0 spiro atoms. The number of carbonyl (C=O) groups excluding carboxylic acids is 2. The maximum Gasteiger partial charge on any atom is 0.297 e. The Bertz CT molecular complexity index is 628. The lowest BCUT2D eigenvalue weighted by Crippen LogP contribution is -2.22. The number of thiophene rings is 1. The largest absolute Gasteiger partial charge is 0.319 e. The molecule has 1 N–H and O–H groups in total. The molecule has 0 fully saturated rings. The third-order valence-electron chi connectivity index (χ3n) is 2.48. The van der Waals surface area contributed by atoms with E-state index in [1.54, 1.807) is 12.1 Å². The Morgan fingerprint density at radius 3 is 2.26 bits per heavy atom. The highest BCUT2D eigenvalue weighted by Gasteiger charge is 2.18. The molecule has 1 aromatic carbocycles. The molecule has 1 aromatic heterocycles. The van der Waals surface area contributed by atoms with Crippen LogP contribution in [0.25, 0.3) is 0 Å². The van der Waals surface area contributed by atoms with E-state index in [9.17, 15) is 9.59 Å². The SMILES string of the molecule is Cc1cc(C)cc(NC(=O)C(=O)c2ccc(Cl)s2)c1. The summed E-state index contributed by atoms with van der Waals surface area (Å²) in [4.78, 5) is 24.1. The Hall–Kier alpha value is -1.65. The number of benzene rings is 1. The number of aryl methyl sites for hydroxylation is 2. The number of hydrogen-bond donors (Lipinski definition) is 1. The van der Waals surface area contributed by atoms with Gasteiger partial charge in [-0.05, 0) is 49.2 Å². The monoisotopic (exact) mass is 293 g/mol. The van der Waals surface area contributed by atoms with Crippen LogP contribution in [0.3, 0.4) is 0 Å². The normalized spacial score (nSPS) is 10.3. The molecule has 98 valence electrons. The average molecular weight is 294 g/mol. The minimum Gasteiger partial charge on any atom is -0.319 e. The number of Topliss-reactive ketones (excluding diaryl/α,β-unsaturated/α-hetero) is 1. The lowest BCUT2D eigenvalue weighted by Gasteiger charge is -2.06. The topological polar surface area (TPSA) is 46.2 Å². The van der Waals surface area contributed by atoms with Gasteiger partial charge in [0.25, 0.3) is 11.7 Å². The van der Waals surface area contributed by atoms with Crippen molar-refractivity contribution in [3.8, 4) is 0 Å². The first-order chi connectivity index (χ1) is 8.95. The molecule has 0 aliphatic rings. The van der Waals surface area contributed by atoms with Crippen LogP contribution in [0.4, 0.5) is 5.69 Å². The predicted molar refractivity (Wildman–Crippen MR) is 78.2 cm³/mol. The summed E-state index contributed by atoms with van der Waals surface area (Å²) in [6.07, 6.45) is 0. The number of carbonyl (C=O) groups is 2. The van der Waals surface area contributed by atoms with Crippen LogP contribution in [0.5, 0.6) is 0 Å². The van der Waals surface area contributed by atoms with Crippen LogP contribution in [-0.2, 0) is 4.79 Å². The zero-order valence-electron chi connectivity index (χ0n) is 10.5. The van der Waals surface area contributed by atoms with Crippen LogP contribution in [-0.4, -0.2) is 11.7 Å². The van der Waals surface area contributed by atoms with Crippen molar-refractivity contribution in [1.82, 2.24) is 0 Å². The molecular weight excluding hydrogens is 282 g/mol. The first-order valence-electron chi connectivity index (χ1n) is 5.65. The number of nitrogens with one attached hydrogen (secondary N) is 1. The van der Waals surface area contributed by atoms with Crippen LogP contribution >= 0.6 is 22.9 Å². The number of hydrogen-bond acceptors (Lipinski definition) is 3. The van der Waals surface area contributed by atoms with Crippen molar-refractivity contribution in [3.05, 3.63) is 50.7 Å². The summed E-state index contributed by atoms with van der Waals surface area (Å²) in [7, 11) is 0. The maximum absolute atomic E-state index is 11.9. The molecule has 1 amide bonds. The van der Waals surface area contributed by atoms with Gasteiger partial charge in [0.2, 0.25) is 0 Å². The molecular formula is C14H12ClNO2S. The van der Waals surface area contributed by atoms with E-state index in [0.717, 1.165) is 22.5 Å². The molecule has 0 bridgehead atoms. The summed E-state index contributed by atoms with van der Waals surface area (Å²) in [6.45, 7) is 3.87. The Kier molecular flexibility index (Phi) is 4.02. The lowest BCUT2D eigenvalue weighted by molar-refractivity contribution is -0.112. The van der Waals surface area contributed by atoms with Crippen LogP contribution < -0.4 is 5.32 Å². The molecule has 19 heavy (non-hydrogen) atoms. The van der Waals surface area contributed by atoms with Crippen LogP contribution in [0.15, 0.2) is 30.3 Å². The van der Waals surface area contributed by atoms with E-state index in [1.807, 2.05) is 32.0 Å². The van der Waals surface area contributed by atoms with Gasteiger partial charge < -0.3 is 5.32 Å². The van der Waals surface area contributed by atoms with Gasteiger partial charge >= 0.3 is 0 Å². The summed E-state index contributed by atoms with van der Waals surface area (Å²) >= 11 is 6.84. The highest BCUT2D eigenvalue weighted by atomic mass is 35.5. The fourth-order valence-electron chi connectivity index (χ4n) is 1.78. The third-order valence-corrected chi connectivity index (χ3v) is 3.71. The second-order valence-electron chi connectivity index (χ2n) is 4.26. The van der Waals surface area contributed by atoms with Crippen LogP contribution in [0.2, 0.25) is 4.34 Å². The minimum atomic E-state index is -0.650. The van der Waals surface area contributed by atoms with Crippen molar-refractivity contribution in [2.75, 3.05) is 5.32 Å². The third kappa shape index (κ3) is 3.43. The minimum absolute atomic E-state index is 0.340. The molecule has 0 saturated heterocycles. The van der Waals surface area contributed by atoms with Gasteiger partial charge in [-0.25, -0.2) is 0 Å². The maximum atomic E-state index is 11.9. The molecule has 1 heterocycles. The molecule has 2 rings (SSSR count). The fraction of sp³-hybridized carbons (Fsp3) is 0.143. The second kappa shape index (κ2) is 5.55. The molecule has 3 nitrogen and oxygen atoms in total. The molecule has 0 atom stereocenters. The Labute approximate surface area is 120 Å². The number of amides is 1. The average Bonchev–Trinajstić information content (AvgIpc) is 2.73. The van der Waals surface area contributed by atoms with E-state index in [2.05, 4.69) is 5.32 Å². The smallest absolute Gasteiger partial charge is 0.297 e. The Morgan fingerprint density at radius 1 is 1.11 bits per heavy atom. The van der Waals surface area contributed by atoms with Crippen molar-refractivity contribution in [2.45, 2.75) is 13.8 Å². The van der Waals surface area contributed by atoms with Gasteiger partial charge in [0.15, 0.2) is 0 Å². The van der Waals surface area contributed by atoms with Crippen LogP contribution in [0.1, 0.15) is 20.8 Å². The zero-order chi connectivity index (χ0) is 14.0.